The number of carbonyl (C=O) groups is 2. The van der Waals surface area contributed by atoms with Gasteiger partial charge in [0.05, 0.1) is 16.2 Å². The molecule has 1 saturated heterocycles. The Hall–Kier alpha value is -2.64. The number of nitrogens with one attached hydrogen (secondary N) is 1. The summed E-state index contributed by atoms with van der Waals surface area (Å²) in [6.45, 7) is 2.39. The summed E-state index contributed by atoms with van der Waals surface area (Å²) in [5.41, 5.74) is -0.0746. The Kier molecular flexibility index (Phi) is 3.55. The molecule has 1 fully saturated rings. The third kappa shape index (κ3) is 2.40. The third-order valence-corrected chi connectivity index (χ3v) is 3.23. The van der Waals surface area contributed by atoms with E-state index in [9.17, 15) is 24.8 Å². The lowest BCUT2D eigenvalue weighted by molar-refractivity contribution is -0.384. The second-order valence-corrected chi connectivity index (χ2v) is 4.42. The van der Waals surface area contributed by atoms with Crippen LogP contribution < -0.4 is 10.2 Å². The molecule has 0 spiro atoms. The minimum Gasteiger partial charge on any atom is -0.478 e. The van der Waals surface area contributed by atoms with Gasteiger partial charge in [0.1, 0.15) is 6.04 Å². The summed E-state index contributed by atoms with van der Waals surface area (Å²) in [6, 6.07) is 2.94. The number of aromatic carboxylic acids is 1. The van der Waals surface area contributed by atoms with Crippen LogP contribution in [0.1, 0.15) is 17.3 Å². The van der Waals surface area contributed by atoms with Crippen LogP contribution in [0.25, 0.3) is 0 Å². The van der Waals surface area contributed by atoms with Crippen molar-refractivity contribution in [2.45, 2.75) is 13.0 Å². The monoisotopic (exact) mass is 279 g/mol. The van der Waals surface area contributed by atoms with Crippen molar-refractivity contribution in [1.29, 1.82) is 0 Å². The molecular weight excluding hydrogens is 266 g/mol. The van der Waals surface area contributed by atoms with Gasteiger partial charge in [-0.15, -0.1) is 0 Å². The smallest absolute Gasteiger partial charge is 0.337 e. The van der Waals surface area contributed by atoms with Gasteiger partial charge in [-0.2, -0.15) is 0 Å². The van der Waals surface area contributed by atoms with Gasteiger partial charge in [0, 0.05) is 25.2 Å². The van der Waals surface area contributed by atoms with Crippen molar-refractivity contribution < 1.29 is 19.6 Å². The summed E-state index contributed by atoms with van der Waals surface area (Å²) in [4.78, 5) is 34.7. The van der Waals surface area contributed by atoms with Crippen LogP contribution in [-0.4, -0.2) is 41.0 Å². The summed E-state index contributed by atoms with van der Waals surface area (Å²) < 4.78 is 0. The van der Waals surface area contributed by atoms with Gasteiger partial charge in [-0.1, -0.05) is 0 Å². The second-order valence-electron chi connectivity index (χ2n) is 4.42. The minimum atomic E-state index is -1.19. The summed E-state index contributed by atoms with van der Waals surface area (Å²) in [6.07, 6.45) is 0. The normalized spacial score (nSPS) is 18.6. The predicted octanol–water partition coefficient (Wildman–Crippen LogP) is 0.618. The van der Waals surface area contributed by atoms with Crippen LogP contribution in [0, 0.1) is 10.1 Å². The number of non-ortho nitro benzene ring substituents is 1. The number of benzene rings is 1. The molecule has 1 amide bonds. The van der Waals surface area contributed by atoms with Crippen LogP contribution in [0.3, 0.4) is 0 Å². The van der Waals surface area contributed by atoms with Gasteiger partial charge in [-0.05, 0) is 13.0 Å². The van der Waals surface area contributed by atoms with Crippen LogP contribution in [0.4, 0.5) is 11.4 Å². The van der Waals surface area contributed by atoms with Crippen molar-refractivity contribution >= 4 is 23.3 Å². The number of carboxylic acids is 1. The predicted molar refractivity (Wildman–Crippen MR) is 69.9 cm³/mol. The lowest BCUT2D eigenvalue weighted by Gasteiger charge is -2.35. The van der Waals surface area contributed by atoms with E-state index < -0.39 is 16.9 Å². The van der Waals surface area contributed by atoms with E-state index in [-0.39, 0.29) is 22.8 Å². The molecule has 0 aliphatic carbocycles. The molecule has 1 aliphatic heterocycles. The highest BCUT2D eigenvalue weighted by molar-refractivity contribution is 5.97. The van der Waals surface area contributed by atoms with E-state index in [0.717, 1.165) is 6.07 Å². The highest BCUT2D eigenvalue weighted by atomic mass is 16.6. The number of anilines is 1. The number of piperazine rings is 1. The number of hydrogen-bond acceptors (Lipinski definition) is 5. The lowest BCUT2D eigenvalue weighted by atomic mass is 10.1. The van der Waals surface area contributed by atoms with Crippen LogP contribution in [0.15, 0.2) is 18.2 Å². The Labute approximate surface area is 114 Å². The first kappa shape index (κ1) is 13.8. The molecule has 0 aromatic heterocycles. The van der Waals surface area contributed by atoms with Crippen molar-refractivity contribution in [3.05, 3.63) is 33.9 Å². The van der Waals surface area contributed by atoms with E-state index in [0.29, 0.717) is 13.1 Å². The van der Waals surface area contributed by atoms with Crippen LogP contribution in [-0.2, 0) is 4.79 Å². The summed E-state index contributed by atoms with van der Waals surface area (Å²) in [5, 5.41) is 22.7. The first-order valence-corrected chi connectivity index (χ1v) is 5.98. The molecule has 20 heavy (non-hydrogen) atoms. The fourth-order valence-electron chi connectivity index (χ4n) is 2.16. The molecule has 8 nitrogen and oxygen atoms in total. The fourth-order valence-corrected chi connectivity index (χ4v) is 2.16. The maximum absolute atomic E-state index is 11.6. The third-order valence-electron chi connectivity index (χ3n) is 3.23. The van der Waals surface area contributed by atoms with Gasteiger partial charge < -0.3 is 15.3 Å². The first-order chi connectivity index (χ1) is 9.41. The average molecular weight is 279 g/mol. The van der Waals surface area contributed by atoms with Crippen molar-refractivity contribution in [2.75, 3.05) is 18.0 Å². The molecule has 1 aliphatic rings. The van der Waals surface area contributed by atoms with E-state index in [2.05, 4.69) is 5.32 Å². The number of amides is 1. The van der Waals surface area contributed by atoms with Crippen molar-refractivity contribution in [2.24, 2.45) is 0 Å². The highest BCUT2D eigenvalue weighted by Gasteiger charge is 2.29. The zero-order valence-electron chi connectivity index (χ0n) is 10.7. The topological polar surface area (TPSA) is 113 Å². The van der Waals surface area contributed by atoms with E-state index in [1.54, 1.807) is 11.8 Å². The zero-order chi connectivity index (χ0) is 14.9. The highest BCUT2D eigenvalue weighted by Crippen LogP contribution is 2.28. The SMILES string of the molecule is CC1C(=O)NCCN1c1cc([N+](=O)[O-])ccc1C(=O)O. The molecule has 2 rings (SSSR count). The Morgan fingerprint density at radius 2 is 2.25 bits per heavy atom. The van der Waals surface area contributed by atoms with E-state index in [4.69, 9.17) is 0 Å². The molecule has 1 heterocycles. The number of carboxylic acid groups (broad SMARTS) is 1. The Morgan fingerprint density at radius 1 is 1.55 bits per heavy atom. The zero-order valence-corrected chi connectivity index (χ0v) is 10.7. The molecule has 1 aromatic rings. The molecule has 1 atom stereocenters. The number of nitro benzene ring substituents is 1. The van der Waals surface area contributed by atoms with Crippen LogP contribution >= 0.6 is 0 Å². The maximum Gasteiger partial charge on any atom is 0.337 e. The molecule has 0 bridgehead atoms. The van der Waals surface area contributed by atoms with Gasteiger partial charge in [-0.25, -0.2) is 4.79 Å². The second kappa shape index (κ2) is 5.16. The minimum absolute atomic E-state index is 0.0582. The van der Waals surface area contributed by atoms with Gasteiger partial charge >= 0.3 is 5.97 Å². The standard InChI is InChI=1S/C12H13N3O5/c1-7-11(16)13-4-5-14(7)10-6-8(15(19)20)2-3-9(10)12(17)18/h2-3,6-7H,4-5H2,1H3,(H,13,16)(H,17,18). The Balaban J connectivity index is 2.51. The van der Waals surface area contributed by atoms with Crippen LogP contribution in [0.5, 0.6) is 0 Å². The largest absolute Gasteiger partial charge is 0.478 e. The number of rotatable bonds is 3. The lowest BCUT2D eigenvalue weighted by Crippen LogP contribution is -2.54. The average Bonchev–Trinajstić information content (AvgIpc) is 2.41. The van der Waals surface area contributed by atoms with E-state index in [1.165, 1.54) is 12.1 Å². The molecule has 0 saturated carbocycles. The van der Waals surface area contributed by atoms with Crippen molar-refractivity contribution in [3.63, 3.8) is 0 Å². The summed E-state index contributed by atoms with van der Waals surface area (Å²) >= 11 is 0. The fraction of sp³-hybridized carbons (Fsp3) is 0.333. The first-order valence-electron chi connectivity index (χ1n) is 5.98. The van der Waals surface area contributed by atoms with Gasteiger partial charge in [0.15, 0.2) is 0 Å². The van der Waals surface area contributed by atoms with E-state index in [1.807, 2.05) is 0 Å². The van der Waals surface area contributed by atoms with Crippen molar-refractivity contribution in [3.8, 4) is 0 Å². The molecule has 0 radical (unpaired) electrons. The number of nitrogens with zero attached hydrogens (tertiary/aromatic N) is 2. The van der Waals surface area contributed by atoms with Gasteiger partial charge in [0.2, 0.25) is 5.91 Å². The summed E-state index contributed by atoms with van der Waals surface area (Å²) in [7, 11) is 0. The van der Waals surface area contributed by atoms with Crippen molar-refractivity contribution in [1.82, 2.24) is 5.32 Å². The number of nitro groups is 1. The molecule has 8 heteroatoms. The maximum atomic E-state index is 11.6. The molecular formula is C12H13N3O5. The molecule has 2 N–H and O–H groups in total. The van der Waals surface area contributed by atoms with E-state index >= 15 is 0 Å². The number of carbonyl (C=O) groups excluding carboxylic acids is 1. The van der Waals surface area contributed by atoms with Gasteiger partial charge in [-0.3, -0.25) is 14.9 Å². The Morgan fingerprint density at radius 3 is 2.85 bits per heavy atom. The number of hydrogen-bond donors (Lipinski definition) is 2. The van der Waals surface area contributed by atoms with Crippen LogP contribution in [0.2, 0.25) is 0 Å². The molecule has 1 aromatic carbocycles. The van der Waals surface area contributed by atoms with Gasteiger partial charge in [0.25, 0.3) is 5.69 Å². The quantitative estimate of drug-likeness (QED) is 0.619. The molecule has 106 valence electrons. The summed E-state index contributed by atoms with van der Waals surface area (Å²) in [5.74, 6) is -1.42. The Bertz CT molecular complexity index is 586. The molecule has 1 unspecified atom stereocenters.